The molecule has 0 unspecified atom stereocenters. The highest BCUT2D eigenvalue weighted by atomic mass is 16.5. The highest BCUT2D eigenvalue weighted by molar-refractivity contribution is 5.72. The van der Waals surface area contributed by atoms with Crippen LogP contribution in [0.2, 0.25) is 0 Å². The van der Waals surface area contributed by atoms with E-state index in [1.807, 2.05) is 24.3 Å². The number of benzene rings is 1. The Morgan fingerprint density at radius 2 is 2.29 bits per heavy atom. The quantitative estimate of drug-likeness (QED) is 0.603. The zero-order valence-electron chi connectivity index (χ0n) is 10.2. The fraction of sp³-hybridized carbons (Fsp3) is 0.308. The minimum Gasteiger partial charge on any atom is -0.496 e. The number of carbonyl (C=O) groups is 1. The first kappa shape index (κ1) is 13.1. The monoisotopic (exact) mass is 234 g/mol. The molecule has 0 spiro atoms. The van der Waals surface area contributed by atoms with Gasteiger partial charge >= 0.3 is 0 Å². The van der Waals surface area contributed by atoms with Gasteiger partial charge in [0.25, 0.3) is 0 Å². The van der Waals surface area contributed by atoms with Crippen molar-refractivity contribution in [2.45, 2.75) is 13.3 Å². The van der Waals surface area contributed by atoms with Crippen molar-refractivity contribution < 1.29 is 9.53 Å². The van der Waals surface area contributed by atoms with Crippen molar-refractivity contribution in [3.8, 4) is 5.75 Å². The molecule has 0 aliphatic rings. The lowest BCUT2D eigenvalue weighted by atomic mass is 10.1. The van der Waals surface area contributed by atoms with E-state index in [1.54, 1.807) is 13.2 Å². The number of carbonyl (C=O) groups excluding carboxylic acids is 1. The molecule has 0 radical (unpaired) electrons. The van der Waals surface area contributed by atoms with Gasteiger partial charge in [-0.25, -0.2) is 0 Å². The lowest BCUT2D eigenvalue weighted by Gasteiger charge is -2.05. The van der Waals surface area contributed by atoms with Crippen molar-refractivity contribution in [2.75, 3.05) is 19.4 Å². The first-order chi connectivity index (χ1) is 8.13. The van der Waals surface area contributed by atoms with E-state index in [0.717, 1.165) is 17.7 Å². The fourth-order valence-corrected chi connectivity index (χ4v) is 1.41. The van der Waals surface area contributed by atoms with Crippen molar-refractivity contribution in [2.24, 2.45) is 0 Å². The lowest BCUT2D eigenvalue weighted by molar-refractivity contribution is -0.118. The van der Waals surface area contributed by atoms with Crippen LogP contribution in [0.25, 0.3) is 6.08 Å². The zero-order valence-corrected chi connectivity index (χ0v) is 10.2. The zero-order chi connectivity index (χ0) is 12.7. The van der Waals surface area contributed by atoms with E-state index < -0.39 is 0 Å². The van der Waals surface area contributed by atoms with Crippen LogP contribution in [-0.2, 0) is 4.79 Å². The Kier molecular flexibility index (Phi) is 5.07. The molecule has 0 saturated carbocycles. The first-order valence-corrected chi connectivity index (χ1v) is 5.48. The molecule has 3 N–H and O–H groups in total. The molecule has 0 bridgehead atoms. The maximum atomic E-state index is 10.6. The van der Waals surface area contributed by atoms with Gasteiger partial charge in [0.1, 0.15) is 5.75 Å². The summed E-state index contributed by atoms with van der Waals surface area (Å²) in [7, 11) is 1.61. The normalized spacial score (nSPS) is 10.5. The molecule has 0 atom stereocenters. The van der Waals surface area contributed by atoms with E-state index in [1.165, 1.54) is 6.92 Å². The fourth-order valence-electron chi connectivity index (χ4n) is 1.41. The highest BCUT2D eigenvalue weighted by Crippen LogP contribution is 2.22. The van der Waals surface area contributed by atoms with Gasteiger partial charge in [0.2, 0.25) is 5.91 Å². The van der Waals surface area contributed by atoms with Gasteiger partial charge < -0.3 is 15.8 Å². The molecule has 0 aromatic heterocycles. The van der Waals surface area contributed by atoms with Gasteiger partial charge in [-0.1, -0.05) is 12.2 Å². The summed E-state index contributed by atoms with van der Waals surface area (Å²) in [5.41, 5.74) is 7.32. The molecule has 92 valence electrons. The molecular weight excluding hydrogens is 216 g/mol. The largest absolute Gasteiger partial charge is 0.496 e. The number of hydrogen-bond acceptors (Lipinski definition) is 3. The average Bonchev–Trinajstić information content (AvgIpc) is 2.29. The molecular formula is C13H18N2O2. The van der Waals surface area contributed by atoms with Gasteiger partial charge in [-0.3, -0.25) is 4.79 Å². The average molecular weight is 234 g/mol. The van der Waals surface area contributed by atoms with Crippen molar-refractivity contribution in [1.82, 2.24) is 5.32 Å². The Morgan fingerprint density at radius 3 is 2.94 bits per heavy atom. The van der Waals surface area contributed by atoms with Gasteiger partial charge in [0.05, 0.1) is 7.11 Å². The number of hydrogen-bond donors (Lipinski definition) is 2. The summed E-state index contributed by atoms with van der Waals surface area (Å²) < 4.78 is 5.22. The summed E-state index contributed by atoms with van der Waals surface area (Å²) in [4.78, 5) is 10.6. The molecule has 1 rings (SSSR count). The van der Waals surface area contributed by atoms with E-state index in [-0.39, 0.29) is 5.91 Å². The minimum atomic E-state index is -0.0107. The molecule has 0 aliphatic carbocycles. The standard InChI is InChI=1S/C13H18N2O2/c1-10(16)15-8-4-3-5-11-6-7-12(14)9-13(11)17-2/h3,5-7,9H,4,8,14H2,1-2H3,(H,15,16). The topological polar surface area (TPSA) is 64.3 Å². The lowest BCUT2D eigenvalue weighted by Crippen LogP contribution is -2.20. The van der Waals surface area contributed by atoms with Gasteiger partial charge in [-0.05, 0) is 18.6 Å². The molecule has 1 aromatic rings. The number of nitrogen functional groups attached to an aromatic ring is 1. The molecule has 0 fully saturated rings. The van der Waals surface area contributed by atoms with Gasteiger partial charge in [-0.2, -0.15) is 0 Å². The molecule has 0 aliphatic heterocycles. The third-order valence-corrected chi connectivity index (χ3v) is 2.24. The van der Waals surface area contributed by atoms with Crippen molar-refractivity contribution >= 4 is 17.7 Å². The number of nitrogens with two attached hydrogens (primary N) is 1. The summed E-state index contributed by atoms with van der Waals surface area (Å²) in [5.74, 6) is 0.740. The van der Waals surface area contributed by atoms with Crippen LogP contribution in [0.15, 0.2) is 24.3 Å². The van der Waals surface area contributed by atoms with Crippen molar-refractivity contribution in [1.29, 1.82) is 0 Å². The van der Waals surface area contributed by atoms with Crippen LogP contribution in [0, 0.1) is 0 Å². The van der Waals surface area contributed by atoms with E-state index in [0.29, 0.717) is 12.2 Å². The van der Waals surface area contributed by atoms with Gasteiger partial charge in [0, 0.05) is 30.8 Å². The smallest absolute Gasteiger partial charge is 0.216 e. The summed E-state index contributed by atoms with van der Waals surface area (Å²) in [6.07, 6.45) is 4.73. The number of nitrogens with one attached hydrogen (secondary N) is 1. The Hall–Kier alpha value is -1.97. The molecule has 0 heterocycles. The molecule has 4 nitrogen and oxygen atoms in total. The summed E-state index contributed by atoms with van der Waals surface area (Å²) in [6, 6.07) is 5.52. The SMILES string of the molecule is COc1cc(N)ccc1C=CCCNC(C)=O. The second-order valence-corrected chi connectivity index (χ2v) is 3.68. The molecule has 17 heavy (non-hydrogen) atoms. The van der Waals surface area contributed by atoms with Crippen LogP contribution in [0.1, 0.15) is 18.9 Å². The summed E-state index contributed by atoms with van der Waals surface area (Å²) in [6.45, 7) is 2.15. The van der Waals surface area contributed by atoms with Crippen LogP contribution in [0.3, 0.4) is 0 Å². The molecule has 1 amide bonds. The number of methoxy groups -OCH3 is 1. The second kappa shape index (κ2) is 6.58. The van der Waals surface area contributed by atoms with Crippen molar-refractivity contribution in [3.63, 3.8) is 0 Å². The Labute approximate surface area is 101 Å². The minimum absolute atomic E-state index is 0.0107. The van der Waals surface area contributed by atoms with Crippen LogP contribution in [0.4, 0.5) is 5.69 Å². The third kappa shape index (κ3) is 4.59. The van der Waals surface area contributed by atoms with Crippen LogP contribution >= 0.6 is 0 Å². The van der Waals surface area contributed by atoms with Gasteiger partial charge in [-0.15, -0.1) is 0 Å². The second-order valence-electron chi connectivity index (χ2n) is 3.68. The summed E-state index contributed by atoms with van der Waals surface area (Å²) >= 11 is 0. The van der Waals surface area contributed by atoms with E-state index in [2.05, 4.69) is 5.32 Å². The number of ether oxygens (including phenoxy) is 1. The first-order valence-electron chi connectivity index (χ1n) is 5.48. The Bertz CT molecular complexity index is 414. The molecule has 4 heteroatoms. The van der Waals surface area contributed by atoms with Crippen LogP contribution < -0.4 is 15.8 Å². The number of rotatable bonds is 5. The summed E-state index contributed by atoms with van der Waals surface area (Å²) in [5, 5.41) is 2.73. The van der Waals surface area contributed by atoms with Crippen LogP contribution in [0.5, 0.6) is 5.75 Å². The maximum absolute atomic E-state index is 10.6. The molecule has 1 aromatic carbocycles. The Morgan fingerprint density at radius 1 is 1.53 bits per heavy atom. The maximum Gasteiger partial charge on any atom is 0.216 e. The van der Waals surface area contributed by atoms with E-state index in [9.17, 15) is 4.79 Å². The number of amides is 1. The Balaban J connectivity index is 2.55. The molecule has 0 saturated heterocycles. The predicted octanol–water partition coefficient (Wildman–Crippen LogP) is 1.82. The van der Waals surface area contributed by atoms with Crippen LogP contribution in [-0.4, -0.2) is 19.6 Å². The predicted molar refractivity (Wildman–Crippen MR) is 69.7 cm³/mol. The number of anilines is 1. The van der Waals surface area contributed by atoms with Crippen molar-refractivity contribution in [3.05, 3.63) is 29.8 Å². The third-order valence-electron chi connectivity index (χ3n) is 2.24. The highest BCUT2D eigenvalue weighted by Gasteiger charge is 1.99. The van der Waals surface area contributed by atoms with E-state index in [4.69, 9.17) is 10.5 Å². The van der Waals surface area contributed by atoms with Gasteiger partial charge in [0.15, 0.2) is 0 Å². The van der Waals surface area contributed by atoms with E-state index >= 15 is 0 Å².